The lowest BCUT2D eigenvalue weighted by molar-refractivity contribution is 0.100. The van der Waals surface area contributed by atoms with Gasteiger partial charge < -0.3 is 15.0 Å². The Morgan fingerprint density at radius 3 is 2.42 bits per heavy atom. The number of hydrogen-bond acceptors (Lipinski definition) is 2. The monoisotopic (exact) mass is 405 g/mol. The van der Waals surface area contributed by atoms with Gasteiger partial charge in [0, 0.05) is 22.9 Å². The summed E-state index contributed by atoms with van der Waals surface area (Å²) < 4.78 is 7.51. The SMILES string of the molecule is COc1ccc(Cn2c3cc(-c4ccccc4)c[c]c3c3c(C(N)=O)cccc32)cc1. The number of benzene rings is 4. The summed E-state index contributed by atoms with van der Waals surface area (Å²) in [5.41, 5.74) is 11.5. The lowest BCUT2D eigenvalue weighted by Gasteiger charge is -2.10. The van der Waals surface area contributed by atoms with Crippen molar-refractivity contribution in [2.75, 3.05) is 7.11 Å². The molecule has 5 aromatic rings. The number of aromatic nitrogens is 1. The van der Waals surface area contributed by atoms with Crippen LogP contribution in [0.2, 0.25) is 0 Å². The van der Waals surface area contributed by atoms with Crippen LogP contribution < -0.4 is 10.5 Å². The van der Waals surface area contributed by atoms with Crippen molar-refractivity contribution < 1.29 is 9.53 Å². The van der Waals surface area contributed by atoms with Crippen LogP contribution in [-0.4, -0.2) is 17.6 Å². The van der Waals surface area contributed by atoms with Gasteiger partial charge in [0.15, 0.2) is 0 Å². The fraction of sp³-hybridized carbons (Fsp3) is 0.0741. The zero-order chi connectivity index (χ0) is 21.4. The Labute approximate surface area is 180 Å². The Morgan fingerprint density at radius 1 is 0.935 bits per heavy atom. The van der Waals surface area contributed by atoms with E-state index in [1.165, 1.54) is 0 Å². The van der Waals surface area contributed by atoms with Crippen LogP contribution >= 0.6 is 0 Å². The van der Waals surface area contributed by atoms with Crippen molar-refractivity contribution in [1.29, 1.82) is 0 Å². The molecule has 0 bridgehead atoms. The first-order valence-electron chi connectivity index (χ1n) is 10.1. The van der Waals surface area contributed by atoms with Gasteiger partial charge in [0.25, 0.3) is 0 Å². The van der Waals surface area contributed by atoms with E-state index in [1.54, 1.807) is 13.2 Å². The number of methoxy groups -OCH3 is 1. The normalized spacial score (nSPS) is 11.1. The van der Waals surface area contributed by atoms with Crippen molar-refractivity contribution in [2.24, 2.45) is 5.73 Å². The summed E-state index contributed by atoms with van der Waals surface area (Å²) in [6.07, 6.45) is 0. The largest absolute Gasteiger partial charge is 0.497 e. The average Bonchev–Trinajstić information content (AvgIpc) is 3.13. The number of fused-ring (bicyclic) bond motifs is 3. The summed E-state index contributed by atoms with van der Waals surface area (Å²) in [7, 11) is 1.66. The lowest BCUT2D eigenvalue weighted by Crippen LogP contribution is -2.11. The molecule has 0 spiro atoms. The minimum atomic E-state index is -0.436. The number of nitrogens with zero attached hydrogens (tertiary/aromatic N) is 1. The van der Waals surface area contributed by atoms with Gasteiger partial charge in [0.05, 0.1) is 18.1 Å². The third-order valence-corrected chi connectivity index (χ3v) is 5.67. The van der Waals surface area contributed by atoms with Crippen LogP contribution in [-0.2, 0) is 6.54 Å². The second-order valence-corrected chi connectivity index (χ2v) is 7.51. The maximum absolute atomic E-state index is 12.2. The van der Waals surface area contributed by atoms with Crippen molar-refractivity contribution in [3.8, 4) is 16.9 Å². The zero-order valence-electron chi connectivity index (χ0n) is 17.1. The van der Waals surface area contributed by atoms with Gasteiger partial charge in [0.1, 0.15) is 5.75 Å². The van der Waals surface area contributed by atoms with Gasteiger partial charge in [-0.15, -0.1) is 0 Å². The molecular formula is C27H21N2O2. The van der Waals surface area contributed by atoms with Gasteiger partial charge in [0.2, 0.25) is 5.91 Å². The molecule has 151 valence electrons. The zero-order valence-corrected chi connectivity index (χ0v) is 17.1. The van der Waals surface area contributed by atoms with E-state index in [0.29, 0.717) is 12.1 Å². The average molecular weight is 405 g/mol. The van der Waals surface area contributed by atoms with Crippen LogP contribution in [0.4, 0.5) is 0 Å². The van der Waals surface area contributed by atoms with Crippen LogP contribution in [0.3, 0.4) is 0 Å². The van der Waals surface area contributed by atoms with Crippen LogP contribution in [0.5, 0.6) is 5.75 Å². The number of carbonyl (C=O) groups excluding carboxylic acids is 1. The van der Waals surface area contributed by atoms with Crippen molar-refractivity contribution in [2.45, 2.75) is 6.54 Å². The molecule has 1 amide bonds. The molecule has 1 radical (unpaired) electrons. The molecule has 4 heteroatoms. The summed E-state index contributed by atoms with van der Waals surface area (Å²) in [5, 5.41) is 1.75. The maximum Gasteiger partial charge on any atom is 0.249 e. The van der Waals surface area contributed by atoms with E-state index in [4.69, 9.17) is 10.5 Å². The van der Waals surface area contributed by atoms with E-state index in [0.717, 1.165) is 44.2 Å². The predicted molar refractivity (Wildman–Crippen MR) is 124 cm³/mol. The maximum atomic E-state index is 12.2. The summed E-state index contributed by atoms with van der Waals surface area (Å²) in [6, 6.07) is 31.5. The highest BCUT2D eigenvalue weighted by Crippen LogP contribution is 2.34. The van der Waals surface area contributed by atoms with Gasteiger partial charge >= 0.3 is 0 Å². The Kier molecular flexibility index (Phi) is 4.68. The van der Waals surface area contributed by atoms with Crippen molar-refractivity contribution in [1.82, 2.24) is 4.57 Å². The summed E-state index contributed by atoms with van der Waals surface area (Å²) in [5.74, 6) is 0.385. The predicted octanol–water partition coefficient (Wildman–Crippen LogP) is 5.42. The molecule has 0 saturated carbocycles. The third-order valence-electron chi connectivity index (χ3n) is 5.67. The van der Waals surface area contributed by atoms with Crippen LogP contribution in [0.15, 0.2) is 84.9 Å². The Balaban J connectivity index is 1.76. The quantitative estimate of drug-likeness (QED) is 0.425. The van der Waals surface area contributed by atoms with Gasteiger partial charge in [-0.05, 0) is 59.2 Å². The highest BCUT2D eigenvalue weighted by molar-refractivity contribution is 6.18. The fourth-order valence-electron chi connectivity index (χ4n) is 4.14. The van der Waals surface area contributed by atoms with Gasteiger partial charge in [-0.2, -0.15) is 0 Å². The lowest BCUT2D eigenvalue weighted by atomic mass is 10.0. The van der Waals surface area contributed by atoms with Gasteiger partial charge in [-0.3, -0.25) is 4.79 Å². The number of rotatable bonds is 5. The molecule has 1 heterocycles. The van der Waals surface area contributed by atoms with Crippen molar-refractivity contribution >= 4 is 27.7 Å². The van der Waals surface area contributed by atoms with E-state index in [-0.39, 0.29) is 0 Å². The highest BCUT2D eigenvalue weighted by atomic mass is 16.5. The molecular weight excluding hydrogens is 384 g/mol. The van der Waals surface area contributed by atoms with E-state index in [2.05, 4.69) is 41.0 Å². The van der Waals surface area contributed by atoms with E-state index < -0.39 is 5.91 Å². The van der Waals surface area contributed by atoms with E-state index in [1.807, 2.05) is 48.5 Å². The van der Waals surface area contributed by atoms with Gasteiger partial charge in [-0.25, -0.2) is 0 Å². The Bertz CT molecular complexity index is 1400. The topological polar surface area (TPSA) is 57.2 Å². The summed E-state index contributed by atoms with van der Waals surface area (Å²) in [6.45, 7) is 0.651. The number of primary amides is 1. The second kappa shape index (κ2) is 7.65. The van der Waals surface area contributed by atoms with Crippen LogP contribution in [0.25, 0.3) is 32.9 Å². The molecule has 0 unspecified atom stereocenters. The molecule has 0 aliphatic carbocycles. The number of hydrogen-bond donors (Lipinski definition) is 1. The molecule has 4 nitrogen and oxygen atoms in total. The van der Waals surface area contributed by atoms with E-state index >= 15 is 0 Å². The van der Waals surface area contributed by atoms with Gasteiger partial charge in [-0.1, -0.05) is 48.5 Å². The second-order valence-electron chi connectivity index (χ2n) is 7.51. The van der Waals surface area contributed by atoms with Crippen LogP contribution in [0.1, 0.15) is 15.9 Å². The molecule has 0 aliphatic rings. The molecule has 31 heavy (non-hydrogen) atoms. The number of carbonyl (C=O) groups is 1. The Hall–Kier alpha value is -4.05. The first-order chi connectivity index (χ1) is 15.2. The Morgan fingerprint density at radius 2 is 1.71 bits per heavy atom. The molecule has 2 N–H and O–H groups in total. The standard InChI is InChI=1S/C27H21N2O2/c1-31-21-13-10-18(11-14-21)17-29-24-9-5-8-23(27(28)30)26(24)22-15-12-20(16-25(22)29)19-6-3-2-4-7-19/h2-14,16H,17H2,1H3,(H2,28,30). The summed E-state index contributed by atoms with van der Waals surface area (Å²) in [4.78, 5) is 12.2. The molecule has 0 saturated heterocycles. The first kappa shape index (κ1) is 18.9. The minimum absolute atomic E-state index is 0.436. The van der Waals surface area contributed by atoms with Crippen LogP contribution in [0, 0.1) is 6.07 Å². The molecule has 4 aromatic carbocycles. The minimum Gasteiger partial charge on any atom is -0.497 e. The molecule has 0 aliphatic heterocycles. The number of nitrogens with two attached hydrogens (primary N) is 1. The molecule has 0 fully saturated rings. The summed E-state index contributed by atoms with van der Waals surface area (Å²) >= 11 is 0. The molecule has 5 rings (SSSR count). The smallest absolute Gasteiger partial charge is 0.249 e. The van der Waals surface area contributed by atoms with E-state index in [9.17, 15) is 4.79 Å². The molecule has 0 atom stereocenters. The fourth-order valence-corrected chi connectivity index (χ4v) is 4.14. The highest BCUT2D eigenvalue weighted by Gasteiger charge is 2.17. The number of amides is 1. The molecule has 1 aromatic heterocycles. The van der Waals surface area contributed by atoms with Crippen molar-refractivity contribution in [3.63, 3.8) is 0 Å². The van der Waals surface area contributed by atoms with Crippen molar-refractivity contribution in [3.05, 3.63) is 102 Å². The number of ether oxygens (including phenoxy) is 1. The first-order valence-corrected chi connectivity index (χ1v) is 10.1. The third kappa shape index (κ3) is 3.32.